The number of rotatable bonds is 8. The molecular weight excluding hydrogens is 224 g/mol. The molecule has 3 heteroatoms. The van der Waals surface area contributed by atoms with Crippen LogP contribution in [0.25, 0.3) is 0 Å². The lowest BCUT2D eigenvalue weighted by molar-refractivity contribution is 0.412. The van der Waals surface area contributed by atoms with Gasteiger partial charge < -0.3 is 15.0 Å². The average Bonchev–Trinajstić information content (AvgIpc) is 2.43. The van der Waals surface area contributed by atoms with Crippen molar-refractivity contribution in [3.63, 3.8) is 0 Å². The number of methoxy groups -OCH3 is 1. The van der Waals surface area contributed by atoms with Crippen LogP contribution in [0, 0.1) is 0 Å². The van der Waals surface area contributed by atoms with Gasteiger partial charge in [0.2, 0.25) is 0 Å². The summed E-state index contributed by atoms with van der Waals surface area (Å²) in [5, 5.41) is 3.49. The second-order valence-corrected chi connectivity index (χ2v) is 4.55. The Kier molecular flexibility index (Phi) is 6.58. The van der Waals surface area contributed by atoms with Crippen LogP contribution in [-0.2, 0) is 0 Å². The van der Waals surface area contributed by atoms with Crippen molar-refractivity contribution in [2.24, 2.45) is 0 Å². The Hall–Kier alpha value is -1.22. The minimum atomic E-state index is 0.493. The molecule has 0 aromatic heterocycles. The summed E-state index contributed by atoms with van der Waals surface area (Å²) in [5.74, 6) is 0.939. The number of hydrogen-bond donors (Lipinski definition) is 1. The number of anilines is 1. The van der Waals surface area contributed by atoms with Crippen LogP contribution in [0.2, 0.25) is 0 Å². The van der Waals surface area contributed by atoms with Crippen molar-refractivity contribution >= 4 is 5.69 Å². The first-order chi connectivity index (χ1) is 8.74. The van der Waals surface area contributed by atoms with Crippen molar-refractivity contribution in [1.29, 1.82) is 0 Å². The fraction of sp³-hybridized carbons (Fsp3) is 0.600. The number of para-hydroxylation sites is 2. The van der Waals surface area contributed by atoms with Gasteiger partial charge in [-0.25, -0.2) is 0 Å². The molecule has 102 valence electrons. The van der Waals surface area contributed by atoms with Crippen molar-refractivity contribution in [3.05, 3.63) is 24.3 Å². The van der Waals surface area contributed by atoms with E-state index in [0.717, 1.165) is 30.9 Å². The Morgan fingerprint density at radius 1 is 1.28 bits per heavy atom. The molecule has 1 rings (SSSR count). The van der Waals surface area contributed by atoms with Crippen LogP contribution in [-0.4, -0.2) is 33.3 Å². The maximum Gasteiger partial charge on any atom is 0.142 e. The summed E-state index contributed by atoms with van der Waals surface area (Å²) in [4.78, 5) is 2.31. The number of likely N-dealkylation sites (N-methyl/N-ethyl adjacent to an activating group) is 1. The lowest BCUT2D eigenvalue weighted by Gasteiger charge is -2.30. The predicted molar refractivity (Wildman–Crippen MR) is 78.6 cm³/mol. The molecule has 0 radical (unpaired) electrons. The fourth-order valence-electron chi connectivity index (χ4n) is 2.12. The summed E-state index contributed by atoms with van der Waals surface area (Å²) >= 11 is 0. The molecule has 1 N–H and O–H groups in total. The van der Waals surface area contributed by atoms with Crippen molar-refractivity contribution in [2.45, 2.75) is 32.7 Å². The van der Waals surface area contributed by atoms with Crippen molar-refractivity contribution < 1.29 is 4.74 Å². The molecule has 1 aromatic rings. The van der Waals surface area contributed by atoms with Gasteiger partial charge >= 0.3 is 0 Å². The average molecular weight is 250 g/mol. The molecule has 1 unspecified atom stereocenters. The van der Waals surface area contributed by atoms with Crippen molar-refractivity contribution in [3.8, 4) is 5.75 Å². The standard InChI is InChI=1S/C15H26N2O/c1-5-11-16-12-13(6-2)17(3)14-9-7-8-10-15(14)18-4/h7-10,13,16H,5-6,11-12H2,1-4H3. The first-order valence-corrected chi connectivity index (χ1v) is 6.81. The van der Waals surface area contributed by atoms with E-state index >= 15 is 0 Å². The first-order valence-electron chi connectivity index (χ1n) is 6.81. The van der Waals surface area contributed by atoms with Gasteiger partial charge in [-0.1, -0.05) is 26.0 Å². The molecule has 0 aliphatic rings. The van der Waals surface area contributed by atoms with Gasteiger partial charge in [0, 0.05) is 19.6 Å². The Labute approximate surface area is 111 Å². The zero-order valence-corrected chi connectivity index (χ0v) is 12.1. The van der Waals surface area contributed by atoms with E-state index in [2.05, 4.69) is 43.2 Å². The maximum atomic E-state index is 5.42. The van der Waals surface area contributed by atoms with E-state index in [-0.39, 0.29) is 0 Å². The van der Waals surface area contributed by atoms with Gasteiger partial charge in [-0.2, -0.15) is 0 Å². The summed E-state index contributed by atoms with van der Waals surface area (Å²) in [7, 11) is 3.86. The van der Waals surface area contributed by atoms with E-state index in [1.165, 1.54) is 6.42 Å². The highest BCUT2D eigenvalue weighted by Gasteiger charge is 2.15. The lowest BCUT2D eigenvalue weighted by atomic mass is 10.1. The SMILES string of the molecule is CCCNCC(CC)N(C)c1ccccc1OC. The summed E-state index contributed by atoms with van der Waals surface area (Å²) in [6.45, 7) is 6.51. The fourth-order valence-corrected chi connectivity index (χ4v) is 2.12. The van der Waals surface area contributed by atoms with Crippen molar-refractivity contribution in [1.82, 2.24) is 5.32 Å². The van der Waals surface area contributed by atoms with E-state index in [0.29, 0.717) is 6.04 Å². The van der Waals surface area contributed by atoms with E-state index in [1.54, 1.807) is 7.11 Å². The van der Waals surface area contributed by atoms with E-state index in [9.17, 15) is 0 Å². The third kappa shape index (κ3) is 3.91. The van der Waals surface area contributed by atoms with Gasteiger partial charge in [0.05, 0.1) is 12.8 Å². The number of benzene rings is 1. The summed E-state index contributed by atoms with van der Waals surface area (Å²) < 4.78 is 5.42. The topological polar surface area (TPSA) is 24.5 Å². The second kappa shape index (κ2) is 7.98. The summed E-state index contributed by atoms with van der Waals surface area (Å²) in [5.41, 5.74) is 1.16. The molecule has 0 saturated carbocycles. The Bertz CT molecular complexity index is 341. The minimum Gasteiger partial charge on any atom is -0.495 e. The van der Waals surface area contributed by atoms with Gasteiger partial charge in [0.15, 0.2) is 0 Å². The maximum absolute atomic E-state index is 5.42. The van der Waals surface area contributed by atoms with Gasteiger partial charge in [0.1, 0.15) is 5.75 Å². The third-order valence-electron chi connectivity index (χ3n) is 3.29. The van der Waals surface area contributed by atoms with E-state index < -0.39 is 0 Å². The normalized spacial score (nSPS) is 12.2. The second-order valence-electron chi connectivity index (χ2n) is 4.55. The molecule has 18 heavy (non-hydrogen) atoms. The molecule has 3 nitrogen and oxygen atoms in total. The molecule has 1 aromatic carbocycles. The highest BCUT2D eigenvalue weighted by atomic mass is 16.5. The summed E-state index contributed by atoms with van der Waals surface area (Å²) in [6.07, 6.45) is 2.29. The Morgan fingerprint density at radius 2 is 2.00 bits per heavy atom. The Balaban J connectivity index is 2.72. The minimum absolute atomic E-state index is 0.493. The Morgan fingerprint density at radius 3 is 2.61 bits per heavy atom. The number of hydrogen-bond acceptors (Lipinski definition) is 3. The largest absolute Gasteiger partial charge is 0.495 e. The third-order valence-corrected chi connectivity index (χ3v) is 3.29. The van der Waals surface area contributed by atoms with Gasteiger partial charge in [-0.15, -0.1) is 0 Å². The van der Waals surface area contributed by atoms with E-state index in [1.807, 2.05) is 12.1 Å². The highest BCUT2D eigenvalue weighted by molar-refractivity contribution is 5.58. The van der Waals surface area contributed by atoms with Crippen LogP contribution >= 0.6 is 0 Å². The van der Waals surface area contributed by atoms with Gasteiger partial charge in [-0.3, -0.25) is 0 Å². The van der Waals surface area contributed by atoms with Crippen LogP contribution < -0.4 is 15.0 Å². The zero-order chi connectivity index (χ0) is 13.4. The molecule has 0 aliphatic heterocycles. The first kappa shape index (κ1) is 14.8. The highest BCUT2D eigenvalue weighted by Crippen LogP contribution is 2.28. The molecule has 0 saturated heterocycles. The smallest absolute Gasteiger partial charge is 0.142 e. The van der Waals surface area contributed by atoms with Crippen LogP contribution in [0.1, 0.15) is 26.7 Å². The monoisotopic (exact) mass is 250 g/mol. The molecular formula is C15H26N2O. The quantitative estimate of drug-likeness (QED) is 0.718. The molecule has 0 amide bonds. The summed E-state index contributed by atoms with van der Waals surface area (Å²) in [6, 6.07) is 8.68. The zero-order valence-electron chi connectivity index (χ0n) is 12.1. The molecule has 1 atom stereocenters. The molecule has 0 heterocycles. The van der Waals surface area contributed by atoms with Gasteiger partial charge in [-0.05, 0) is 31.5 Å². The van der Waals surface area contributed by atoms with Crippen LogP contribution in [0.3, 0.4) is 0 Å². The lowest BCUT2D eigenvalue weighted by Crippen LogP contribution is -2.40. The molecule has 0 aliphatic carbocycles. The molecule has 0 fully saturated rings. The van der Waals surface area contributed by atoms with Crippen molar-refractivity contribution in [2.75, 3.05) is 32.1 Å². The predicted octanol–water partition coefficient (Wildman–Crippen LogP) is 2.91. The number of ether oxygens (including phenoxy) is 1. The molecule has 0 bridgehead atoms. The van der Waals surface area contributed by atoms with Crippen LogP contribution in [0.4, 0.5) is 5.69 Å². The van der Waals surface area contributed by atoms with Gasteiger partial charge in [0.25, 0.3) is 0 Å². The van der Waals surface area contributed by atoms with E-state index in [4.69, 9.17) is 4.74 Å². The van der Waals surface area contributed by atoms with Crippen LogP contribution in [0.5, 0.6) is 5.75 Å². The molecule has 0 spiro atoms. The number of nitrogens with one attached hydrogen (secondary N) is 1. The number of nitrogens with zero attached hydrogens (tertiary/aromatic N) is 1. The van der Waals surface area contributed by atoms with Crippen LogP contribution in [0.15, 0.2) is 24.3 Å².